The summed E-state index contributed by atoms with van der Waals surface area (Å²) in [6.45, 7) is 5.54. The van der Waals surface area contributed by atoms with Gasteiger partial charge in [0.2, 0.25) is 0 Å². The highest BCUT2D eigenvalue weighted by molar-refractivity contribution is 7.91. The van der Waals surface area contributed by atoms with E-state index in [9.17, 15) is 8.42 Å². The van der Waals surface area contributed by atoms with Gasteiger partial charge in [0.25, 0.3) is 0 Å². The van der Waals surface area contributed by atoms with Crippen LogP contribution in [0.4, 0.5) is 0 Å². The summed E-state index contributed by atoms with van der Waals surface area (Å²) in [6.07, 6.45) is 9.02. The van der Waals surface area contributed by atoms with Crippen LogP contribution in [0.1, 0.15) is 51.9 Å². The lowest BCUT2D eigenvalue weighted by Crippen LogP contribution is -2.47. The average Bonchev–Trinajstić information content (AvgIpc) is 2.90. The fraction of sp³-hybridized carbons (Fsp3) is 1.00. The summed E-state index contributed by atoms with van der Waals surface area (Å²) in [5.74, 6) is 0. The number of rotatable bonds is 6. The maximum absolute atomic E-state index is 11.8. The Morgan fingerprint density at radius 3 is 2.60 bits per heavy atom. The van der Waals surface area contributed by atoms with E-state index < -0.39 is 9.84 Å². The molecule has 3 atom stereocenters. The molecule has 1 heterocycles. The second-order valence-electron chi connectivity index (χ2n) is 6.56. The van der Waals surface area contributed by atoms with Crippen LogP contribution in [-0.4, -0.2) is 56.5 Å². The van der Waals surface area contributed by atoms with Crippen LogP contribution in [0.15, 0.2) is 0 Å². The van der Waals surface area contributed by atoms with Gasteiger partial charge in [-0.05, 0) is 51.6 Å². The Bertz CT molecular complexity index is 391. The van der Waals surface area contributed by atoms with E-state index in [1.165, 1.54) is 25.5 Å². The van der Waals surface area contributed by atoms with Gasteiger partial charge < -0.3 is 5.32 Å². The van der Waals surface area contributed by atoms with Gasteiger partial charge in [-0.3, -0.25) is 4.90 Å². The third-order valence-electron chi connectivity index (χ3n) is 4.85. The van der Waals surface area contributed by atoms with Gasteiger partial charge in [-0.2, -0.15) is 0 Å². The molecule has 0 bridgehead atoms. The van der Waals surface area contributed by atoms with Gasteiger partial charge in [0.1, 0.15) is 9.84 Å². The number of hydrogen-bond acceptors (Lipinski definition) is 4. The van der Waals surface area contributed by atoms with E-state index in [0.29, 0.717) is 12.1 Å². The predicted octanol–water partition coefficient (Wildman–Crippen LogP) is 1.81. The molecule has 118 valence electrons. The van der Waals surface area contributed by atoms with Crippen molar-refractivity contribution in [2.24, 2.45) is 0 Å². The fourth-order valence-corrected chi connectivity index (χ4v) is 4.91. The first kappa shape index (κ1) is 16.2. The van der Waals surface area contributed by atoms with E-state index >= 15 is 0 Å². The molecule has 1 aliphatic heterocycles. The van der Waals surface area contributed by atoms with Crippen molar-refractivity contribution in [1.82, 2.24) is 10.2 Å². The molecule has 4 nitrogen and oxygen atoms in total. The molecule has 0 amide bonds. The monoisotopic (exact) mass is 302 g/mol. The zero-order chi connectivity index (χ0) is 14.6. The Balaban J connectivity index is 1.96. The molecule has 3 unspecified atom stereocenters. The zero-order valence-corrected chi connectivity index (χ0v) is 13.8. The fourth-order valence-electron chi connectivity index (χ4n) is 3.75. The third-order valence-corrected chi connectivity index (χ3v) is 6.49. The minimum absolute atomic E-state index is 0.114. The molecule has 2 rings (SSSR count). The summed E-state index contributed by atoms with van der Waals surface area (Å²) >= 11 is 0. The Morgan fingerprint density at radius 2 is 2.00 bits per heavy atom. The van der Waals surface area contributed by atoms with E-state index in [1.807, 2.05) is 0 Å². The molecule has 1 N–H and O–H groups in total. The molecule has 0 aromatic rings. The molecule has 0 radical (unpaired) electrons. The lowest BCUT2D eigenvalue weighted by Gasteiger charge is -2.38. The van der Waals surface area contributed by atoms with Crippen molar-refractivity contribution in [3.8, 4) is 0 Å². The molecular formula is C15H30N2O2S. The first-order valence-electron chi connectivity index (χ1n) is 8.17. The largest absolute Gasteiger partial charge is 0.313 e. The quantitative estimate of drug-likeness (QED) is 0.813. The van der Waals surface area contributed by atoms with Gasteiger partial charge in [0.05, 0.1) is 5.25 Å². The third kappa shape index (κ3) is 4.43. The van der Waals surface area contributed by atoms with E-state index in [2.05, 4.69) is 17.1 Å². The van der Waals surface area contributed by atoms with Gasteiger partial charge in [0, 0.05) is 24.9 Å². The summed E-state index contributed by atoms with van der Waals surface area (Å²) in [6, 6.07) is 1.07. The molecular weight excluding hydrogens is 272 g/mol. The summed E-state index contributed by atoms with van der Waals surface area (Å²) < 4.78 is 23.7. The second-order valence-corrected chi connectivity index (χ2v) is 8.89. The molecule has 1 saturated carbocycles. The van der Waals surface area contributed by atoms with Crippen LogP contribution >= 0.6 is 0 Å². The molecule has 0 spiro atoms. The van der Waals surface area contributed by atoms with Crippen LogP contribution in [0.25, 0.3) is 0 Å². The maximum atomic E-state index is 11.8. The first-order chi connectivity index (χ1) is 9.50. The first-order valence-corrected chi connectivity index (χ1v) is 10.1. The van der Waals surface area contributed by atoms with Gasteiger partial charge in [-0.15, -0.1) is 0 Å². The van der Waals surface area contributed by atoms with Crippen LogP contribution < -0.4 is 5.32 Å². The van der Waals surface area contributed by atoms with E-state index in [0.717, 1.165) is 45.3 Å². The number of hydrogen-bond donors (Lipinski definition) is 1. The van der Waals surface area contributed by atoms with E-state index in [1.54, 1.807) is 0 Å². The molecule has 0 aromatic heterocycles. The van der Waals surface area contributed by atoms with Crippen LogP contribution in [0, 0.1) is 0 Å². The van der Waals surface area contributed by atoms with Crippen LogP contribution in [-0.2, 0) is 9.84 Å². The SMILES string of the molecule is CCCN(CC1CCCN1)C1CCCC(S(C)(=O)=O)C1. The minimum Gasteiger partial charge on any atom is -0.313 e. The van der Waals surface area contributed by atoms with Gasteiger partial charge in [0.15, 0.2) is 0 Å². The van der Waals surface area contributed by atoms with E-state index in [4.69, 9.17) is 0 Å². The Labute approximate surface area is 124 Å². The predicted molar refractivity (Wildman–Crippen MR) is 83.8 cm³/mol. The van der Waals surface area contributed by atoms with Crippen molar-refractivity contribution >= 4 is 9.84 Å². The van der Waals surface area contributed by atoms with Gasteiger partial charge >= 0.3 is 0 Å². The zero-order valence-electron chi connectivity index (χ0n) is 13.0. The maximum Gasteiger partial charge on any atom is 0.150 e. The van der Waals surface area contributed by atoms with Crippen molar-refractivity contribution in [1.29, 1.82) is 0 Å². The Morgan fingerprint density at radius 1 is 1.20 bits per heavy atom. The number of nitrogens with zero attached hydrogens (tertiary/aromatic N) is 1. The minimum atomic E-state index is -2.88. The highest BCUT2D eigenvalue weighted by Gasteiger charge is 2.32. The molecule has 20 heavy (non-hydrogen) atoms. The molecule has 2 aliphatic rings. The normalized spacial score (nSPS) is 31.9. The molecule has 1 saturated heterocycles. The van der Waals surface area contributed by atoms with Gasteiger partial charge in [-0.25, -0.2) is 8.42 Å². The standard InChI is InChI=1S/C15H30N2O2S/c1-3-10-17(12-13-6-5-9-16-13)14-7-4-8-15(11-14)20(2,18)19/h13-16H,3-12H2,1-2H3. The van der Waals surface area contributed by atoms with Crippen molar-refractivity contribution < 1.29 is 8.42 Å². The van der Waals surface area contributed by atoms with Crippen LogP contribution in [0.5, 0.6) is 0 Å². The molecule has 0 aromatic carbocycles. The van der Waals surface area contributed by atoms with Crippen LogP contribution in [0.2, 0.25) is 0 Å². The number of sulfone groups is 1. The Hall–Kier alpha value is -0.130. The molecule has 1 aliphatic carbocycles. The van der Waals surface area contributed by atoms with Crippen LogP contribution in [0.3, 0.4) is 0 Å². The van der Waals surface area contributed by atoms with Crippen molar-refractivity contribution in [3.05, 3.63) is 0 Å². The lowest BCUT2D eigenvalue weighted by molar-refractivity contribution is 0.145. The van der Waals surface area contributed by atoms with Crippen molar-refractivity contribution in [2.75, 3.05) is 25.9 Å². The smallest absolute Gasteiger partial charge is 0.150 e. The summed E-state index contributed by atoms with van der Waals surface area (Å²) in [5, 5.41) is 3.45. The topological polar surface area (TPSA) is 49.4 Å². The summed E-state index contributed by atoms with van der Waals surface area (Å²) in [4.78, 5) is 2.56. The molecule has 2 fully saturated rings. The second kappa shape index (κ2) is 7.23. The van der Waals surface area contributed by atoms with Gasteiger partial charge in [-0.1, -0.05) is 13.3 Å². The molecule has 5 heteroatoms. The summed E-state index contributed by atoms with van der Waals surface area (Å²) in [7, 11) is -2.88. The number of nitrogens with one attached hydrogen (secondary N) is 1. The van der Waals surface area contributed by atoms with E-state index in [-0.39, 0.29) is 5.25 Å². The highest BCUT2D eigenvalue weighted by atomic mass is 32.2. The summed E-state index contributed by atoms with van der Waals surface area (Å²) in [5.41, 5.74) is 0. The highest BCUT2D eigenvalue weighted by Crippen LogP contribution is 2.28. The van der Waals surface area contributed by atoms with Crippen molar-refractivity contribution in [2.45, 2.75) is 69.2 Å². The average molecular weight is 302 g/mol. The lowest BCUT2D eigenvalue weighted by atomic mass is 9.93. The van der Waals surface area contributed by atoms with Crippen molar-refractivity contribution in [3.63, 3.8) is 0 Å². The Kier molecular flexibility index (Phi) is 5.87.